The van der Waals surface area contributed by atoms with E-state index in [0.29, 0.717) is 0 Å². The SMILES string of the molecule is Cc1c(C(C)NS(=O)(=O)c2ccc(C(C)(C)C)cc2)cnn1C. The maximum Gasteiger partial charge on any atom is 0.241 e. The molecule has 0 saturated heterocycles. The molecule has 0 aliphatic rings. The van der Waals surface area contributed by atoms with E-state index < -0.39 is 10.0 Å². The minimum atomic E-state index is -3.56. The molecule has 0 aliphatic heterocycles. The highest BCUT2D eigenvalue weighted by Crippen LogP contribution is 2.24. The van der Waals surface area contributed by atoms with Crippen LogP contribution in [0.1, 0.15) is 50.6 Å². The molecule has 0 spiro atoms. The van der Waals surface area contributed by atoms with Crippen molar-refractivity contribution in [2.75, 3.05) is 0 Å². The number of benzene rings is 1. The van der Waals surface area contributed by atoms with Crippen LogP contribution >= 0.6 is 0 Å². The van der Waals surface area contributed by atoms with E-state index in [-0.39, 0.29) is 16.4 Å². The Bertz CT molecular complexity index is 784. The molecule has 0 radical (unpaired) electrons. The van der Waals surface area contributed by atoms with Crippen molar-refractivity contribution in [2.24, 2.45) is 7.05 Å². The van der Waals surface area contributed by atoms with Crippen LogP contribution in [0.3, 0.4) is 0 Å². The Morgan fingerprint density at radius 1 is 1.17 bits per heavy atom. The summed E-state index contributed by atoms with van der Waals surface area (Å²) in [6, 6.07) is 6.72. The second kappa shape index (κ2) is 6.09. The van der Waals surface area contributed by atoms with Gasteiger partial charge >= 0.3 is 0 Å². The normalized spacial score (nSPS) is 14.0. The smallest absolute Gasteiger partial charge is 0.241 e. The Morgan fingerprint density at radius 2 is 1.74 bits per heavy atom. The van der Waals surface area contributed by atoms with E-state index >= 15 is 0 Å². The summed E-state index contributed by atoms with van der Waals surface area (Å²) in [7, 11) is -1.73. The third kappa shape index (κ3) is 3.82. The Hall–Kier alpha value is -1.66. The van der Waals surface area contributed by atoms with Crippen LogP contribution in [0, 0.1) is 6.92 Å². The van der Waals surface area contributed by atoms with Crippen molar-refractivity contribution in [1.82, 2.24) is 14.5 Å². The van der Waals surface area contributed by atoms with Gasteiger partial charge < -0.3 is 0 Å². The number of nitrogens with zero attached hydrogens (tertiary/aromatic N) is 2. The third-order valence-corrected chi connectivity index (χ3v) is 5.66. The third-order valence-electron chi connectivity index (χ3n) is 4.10. The van der Waals surface area contributed by atoms with Gasteiger partial charge in [-0.1, -0.05) is 32.9 Å². The second-order valence-corrected chi connectivity index (χ2v) is 8.64. The lowest BCUT2D eigenvalue weighted by Gasteiger charge is -2.19. The van der Waals surface area contributed by atoms with Crippen LogP contribution in [0.2, 0.25) is 0 Å². The van der Waals surface area contributed by atoms with Crippen LogP contribution in [0.5, 0.6) is 0 Å². The Labute approximate surface area is 138 Å². The lowest BCUT2D eigenvalue weighted by atomic mass is 9.87. The van der Waals surface area contributed by atoms with E-state index in [1.165, 1.54) is 0 Å². The maximum atomic E-state index is 12.6. The quantitative estimate of drug-likeness (QED) is 0.934. The van der Waals surface area contributed by atoms with Crippen LogP contribution in [0.4, 0.5) is 0 Å². The first-order valence-corrected chi connectivity index (χ1v) is 9.12. The number of nitrogens with one attached hydrogen (secondary N) is 1. The van der Waals surface area contributed by atoms with Gasteiger partial charge in [-0.05, 0) is 37.0 Å². The zero-order valence-corrected chi connectivity index (χ0v) is 15.4. The summed E-state index contributed by atoms with van der Waals surface area (Å²) in [6.45, 7) is 10.0. The number of hydrogen-bond donors (Lipinski definition) is 1. The van der Waals surface area contributed by atoms with Crippen LogP contribution < -0.4 is 4.72 Å². The fourth-order valence-corrected chi connectivity index (χ4v) is 3.66. The molecule has 0 fully saturated rings. The number of aryl methyl sites for hydroxylation is 1. The van der Waals surface area contributed by atoms with Crippen LogP contribution in [0.25, 0.3) is 0 Å². The molecule has 6 heteroatoms. The molecule has 1 heterocycles. The number of aromatic nitrogens is 2. The summed E-state index contributed by atoms with van der Waals surface area (Å²) < 4.78 is 29.6. The van der Waals surface area contributed by atoms with Gasteiger partial charge in [-0.25, -0.2) is 13.1 Å². The first kappa shape index (κ1) is 17.7. The van der Waals surface area contributed by atoms with Gasteiger partial charge in [-0.2, -0.15) is 5.10 Å². The van der Waals surface area contributed by atoms with Crippen molar-refractivity contribution in [2.45, 2.75) is 51.0 Å². The van der Waals surface area contributed by atoms with E-state index in [4.69, 9.17) is 0 Å². The average molecular weight is 335 g/mol. The molecular weight excluding hydrogens is 310 g/mol. The molecule has 0 amide bonds. The predicted molar refractivity (Wildman–Crippen MR) is 91.8 cm³/mol. The Morgan fingerprint density at radius 3 is 2.17 bits per heavy atom. The molecule has 1 aromatic heterocycles. The van der Waals surface area contributed by atoms with Crippen molar-refractivity contribution in [3.05, 3.63) is 47.3 Å². The summed E-state index contributed by atoms with van der Waals surface area (Å²) in [6.07, 6.45) is 1.70. The molecule has 0 saturated carbocycles. The standard InChI is InChI=1S/C17H25N3O2S/c1-12(16-11-18-20(6)13(16)2)19-23(21,22)15-9-7-14(8-10-15)17(3,4)5/h7-12,19H,1-6H3. The van der Waals surface area contributed by atoms with Crippen LogP contribution in [-0.4, -0.2) is 18.2 Å². The van der Waals surface area contributed by atoms with Gasteiger partial charge in [0.2, 0.25) is 10.0 Å². The molecule has 1 aromatic carbocycles. The minimum Gasteiger partial charge on any atom is -0.273 e. The fraction of sp³-hybridized carbons (Fsp3) is 0.471. The molecular formula is C17H25N3O2S. The van der Waals surface area contributed by atoms with Gasteiger partial charge in [0.15, 0.2) is 0 Å². The number of sulfonamides is 1. The van der Waals surface area contributed by atoms with Crippen molar-refractivity contribution < 1.29 is 8.42 Å². The van der Waals surface area contributed by atoms with Crippen LogP contribution in [-0.2, 0) is 22.5 Å². The highest BCUT2D eigenvalue weighted by molar-refractivity contribution is 7.89. The van der Waals surface area contributed by atoms with E-state index in [2.05, 4.69) is 30.6 Å². The Balaban J connectivity index is 2.23. The van der Waals surface area contributed by atoms with E-state index in [1.54, 1.807) is 23.0 Å². The molecule has 1 N–H and O–H groups in total. The highest BCUT2D eigenvalue weighted by atomic mass is 32.2. The van der Waals surface area contributed by atoms with Crippen molar-refractivity contribution in [1.29, 1.82) is 0 Å². The van der Waals surface area contributed by atoms with Crippen molar-refractivity contribution >= 4 is 10.0 Å². The first-order valence-electron chi connectivity index (χ1n) is 7.64. The zero-order chi connectivity index (χ0) is 17.4. The topological polar surface area (TPSA) is 64.0 Å². The van der Waals surface area contributed by atoms with Gasteiger partial charge in [0.25, 0.3) is 0 Å². The minimum absolute atomic E-state index is 0.00413. The molecule has 1 unspecified atom stereocenters. The highest BCUT2D eigenvalue weighted by Gasteiger charge is 2.22. The zero-order valence-electron chi connectivity index (χ0n) is 14.6. The molecule has 2 rings (SSSR count). The van der Waals surface area contributed by atoms with Gasteiger partial charge in [0.05, 0.1) is 11.1 Å². The van der Waals surface area contributed by atoms with Gasteiger partial charge in [-0.3, -0.25) is 4.68 Å². The predicted octanol–water partition coefficient (Wildman–Crippen LogP) is 3.07. The van der Waals surface area contributed by atoms with Gasteiger partial charge in [0.1, 0.15) is 0 Å². The molecule has 1 atom stereocenters. The van der Waals surface area contributed by atoms with E-state index in [9.17, 15) is 8.42 Å². The molecule has 5 nitrogen and oxygen atoms in total. The average Bonchev–Trinajstić information content (AvgIpc) is 2.78. The second-order valence-electron chi connectivity index (χ2n) is 6.93. The van der Waals surface area contributed by atoms with Crippen molar-refractivity contribution in [3.8, 4) is 0 Å². The monoisotopic (exact) mass is 335 g/mol. The summed E-state index contributed by atoms with van der Waals surface area (Å²) in [4.78, 5) is 0.277. The number of hydrogen-bond acceptors (Lipinski definition) is 3. The van der Waals surface area contributed by atoms with Gasteiger partial charge in [0, 0.05) is 24.3 Å². The van der Waals surface area contributed by atoms with E-state index in [1.807, 2.05) is 33.0 Å². The summed E-state index contributed by atoms with van der Waals surface area (Å²) in [5.41, 5.74) is 2.92. The lowest BCUT2D eigenvalue weighted by Crippen LogP contribution is -2.27. The summed E-state index contributed by atoms with van der Waals surface area (Å²) >= 11 is 0. The molecule has 2 aromatic rings. The van der Waals surface area contributed by atoms with E-state index in [0.717, 1.165) is 16.8 Å². The molecule has 126 valence electrons. The largest absolute Gasteiger partial charge is 0.273 e. The molecule has 0 bridgehead atoms. The fourth-order valence-electron chi connectivity index (χ4n) is 2.44. The number of rotatable bonds is 4. The molecule has 0 aliphatic carbocycles. The summed E-state index contributed by atoms with van der Waals surface area (Å²) in [5, 5.41) is 4.16. The van der Waals surface area contributed by atoms with Gasteiger partial charge in [-0.15, -0.1) is 0 Å². The lowest BCUT2D eigenvalue weighted by molar-refractivity contribution is 0.564. The molecule has 23 heavy (non-hydrogen) atoms. The Kier molecular flexibility index (Phi) is 4.69. The van der Waals surface area contributed by atoms with Crippen molar-refractivity contribution in [3.63, 3.8) is 0 Å². The van der Waals surface area contributed by atoms with Crippen LogP contribution in [0.15, 0.2) is 35.4 Å². The summed E-state index contributed by atoms with van der Waals surface area (Å²) in [5.74, 6) is 0. The maximum absolute atomic E-state index is 12.6. The first-order chi connectivity index (χ1) is 10.5.